The third-order valence-electron chi connectivity index (χ3n) is 1.73. The monoisotopic (exact) mass is 134 g/mol. The number of hydrogen-bond donors (Lipinski definition) is 0. The topological polar surface area (TPSA) is 17.8 Å². The summed E-state index contributed by atoms with van der Waals surface area (Å²) < 4.78 is 2.05. The molecule has 0 unspecified atom stereocenters. The second kappa shape index (κ2) is 1.97. The molecule has 52 valence electrons. The van der Waals surface area contributed by atoms with E-state index in [-0.39, 0.29) is 0 Å². The summed E-state index contributed by atoms with van der Waals surface area (Å²) in [5, 5.41) is 4.32. The fourth-order valence-electron chi connectivity index (χ4n) is 1.28. The highest BCUT2D eigenvalue weighted by Gasteiger charge is 2.03. The van der Waals surface area contributed by atoms with Crippen LogP contribution in [0.1, 0.15) is 17.8 Å². The minimum atomic E-state index is 1.04. The van der Waals surface area contributed by atoms with Gasteiger partial charge in [-0.15, -0.1) is 0 Å². The molecule has 0 atom stereocenters. The Hall–Kier alpha value is -1.05. The molecular weight excluding hydrogens is 124 g/mol. The van der Waals surface area contributed by atoms with E-state index in [0.717, 1.165) is 18.7 Å². The van der Waals surface area contributed by atoms with Gasteiger partial charge in [-0.05, 0) is 25.5 Å². The van der Waals surface area contributed by atoms with Gasteiger partial charge in [0.15, 0.2) is 0 Å². The molecule has 0 bridgehead atoms. The summed E-state index contributed by atoms with van der Waals surface area (Å²) in [6, 6.07) is 2.11. The number of fused-ring (bicyclic) bond motifs is 1. The Morgan fingerprint density at radius 3 is 3.30 bits per heavy atom. The Morgan fingerprint density at radius 2 is 2.50 bits per heavy atom. The molecule has 2 rings (SSSR count). The van der Waals surface area contributed by atoms with Crippen molar-refractivity contribution in [2.24, 2.45) is 0 Å². The number of aryl methyl sites for hydroxylation is 2. The SMILES string of the molecule is Cc1cc2n(n1)CCC=C2. The van der Waals surface area contributed by atoms with Crippen LogP contribution in [0.25, 0.3) is 6.08 Å². The van der Waals surface area contributed by atoms with Gasteiger partial charge in [0.2, 0.25) is 0 Å². The van der Waals surface area contributed by atoms with Crippen LogP contribution in [0.15, 0.2) is 12.1 Å². The van der Waals surface area contributed by atoms with Gasteiger partial charge in [-0.2, -0.15) is 5.10 Å². The van der Waals surface area contributed by atoms with Crippen LogP contribution in [-0.4, -0.2) is 9.78 Å². The summed E-state index contributed by atoms with van der Waals surface area (Å²) in [6.07, 6.45) is 5.44. The summed E-state index contributed by atoms with van der Waals surface area (Å²) in [4.78, 5) is 0. The third-order valence-corrected chi connectivity index (χ3v) is 1.73. The van der Waals surface area contributed by atoms with Crippen LogP contribution in [0, 0.1) is 6.92 Å². The minimum absolute atomic E-state index is 1.04. The van der Waals surface area contributed by atoms with E-state index in [1.165, 1.54) is 5.69 Å². The lowest BCUT2D eigenvalue weighted by Gasteiger charge is -2.05. The summed E-state index contributed by atoms with van der Waals surface area (Å²) in [6.45, 7) is 3.07. The van der Waals surface area contributed by atoms with E-state index >= 15 is 0 Å². The number of nitrogens with zero attached hydrogens (tertiary/aromatic N) is 2. The highest BCUT2D eigenvalue weighted by molar-refractivity contribution is 5.46. The molecule has 0 aromatic carbocycles. The molecule has 10 heavy (non-hydrogen) atoms. The van der Waals surface area contributed by atoms with Crippen molar-refractivity contribution in [3.05, 3.63) is 23.5 Å². The van der Waals surface area contributed by atoms with Crippen molar-refractivity contribution in [3.63, 3.8) is 0 Å². The fraction of sp³-hybridized carbons (Fsp3) is 0.375. The zero-order valence-corrected chi connectivity index (χ0v) is 6.04. The first-order valence-electron chi connectivity index (χ1n) is 3.57. The maximum absolute atomic E-state index is 4.32. The zero-order valence-electron chi connectivity index (χ0n) is 6.04. The molecule has 1 aromatic heterocycles. The van der Waals surface area contributed by atoms with E-state index in [0.29, 0.717) is 0 Å². The van der Waals surface area contributed by atoms with Crippen molar-refractivity contribution in [2.45, 2.75) is 19.9 Å². The van der Waals surface area contributed by atoms with Gasteiger partial charge in [0.05, 0.1) is 11.4 Å². The summed E-state index contributed by atoms with van der Waals surface area (Å²) >= 11 is 0. The molecule has 0 aliphatic carbocycles. The Bertz CT molecular complexity index is 271. The Kier molecular flexibility index (Phi) is 1.13. The van der Waals surface area contributed by atoms with Crippen LogP contribution >= 0.6 is 0 Å². The molecule has 1 aliphatic rings. The van der Waals surface area contributed by atoms with E-state index in [2.05, 4.69) is 28.0 Å². The lowest BCUT2D eigenvalue weighted by Crippen LogP contribution is -2.04. The maximum atomic E-state index is 4.32. The first-order chi connectivity index (χ1) is 4.86. The van der Waals surface area contributed by atoms with Gasteiger partial charge in [-0.1, -0.05) is 6.08 Å². The smallest absolute Gasteiger partial charge is 0.0609 e. The van der Waals surface area contributed by atoms with Gasteiger partial charge in [0, 0.05) is 6.54 Å². The second-order valence-electron chi connectivity index (χ2n) is 2.62. The van der Waals surface area contributed by atoms with Gasteiger partial charge in [-0.3, -0.25) is 4.68 Å². The average molecular weight is 134 g/mol. The third kappa shape index (κ3) is 0.764. The molecule has 1 aliphatic heterocycles. The molecule has 0 spiro atoms. The van der Waals surface area contributed by atoms with Gasteiger partial charge in [0.25, 0.3) is 0 Å². The Balaban J connectivity index is 2.53. The normalized spacial score (nSPS) is 15.3. The molecule has 0 amide bonds. The van der Waals surface area contributed by atoms with Crippen molar-refractivity contribution in [2.75, 3.05) is 0 Å². The first-order valence-corrected chi connectivity index (χ1v) is 3.57. The van der Waals surface area contributed by atoms with Crippen LogP contribution < -0.4 is 0 Å². The summed E-state index contributed by atoms with van der Waals surface area (Å²) in [5.74, 6) is 0. The van der Waals surface area contributed by atoms with Crippen molar-refractivity contribution in [1.29, 1.82) is 0 Å². The molecule has 0 radical (unpaired) electrons. The quantitative estimate of drug-likeness (QED) is 0.527. The number of hydrogen-bond acceptors (Lipinski definition) is 1. The number of allylic oxidation sites excluding steroid dienone is 1. The molecule has 2 heterocycles. The van der Waals surface area contributed by atoms with E-state index in [1.54, 1.807) is 0 Å². The fourth-order valence-corrected chi connectivity index (χ4v) is 1.28. The average Bonchev–Trinajstić information content (AvgIpc) is 2.27. The Labute approximate surface area is 60.2 Å². The van der Waals surface area contributed by atoms with Crippen LogP contribution in [0.5, 0.6) is 0 Å². The number of aromatic nitrogens is 2. The predicted molar refractivity (Wildman–Crippen MR) is 40.6 cm³/mol. The van der Waals surface area contributed by atoms with E-state index in [4.69, 9.17) is 0 Å². The molecule has 0 saturated heterocycles. The largest absolute Gasteiger partial charge is 0.265 e. The predicted octanol–water partition coefficient (Wildman–Crippen LogP) is 1.61. The second-order valence-corrected chi connectivity index (χ2v) is 2.62. The molecule has 0 saturated carbocycles. The zero-order chi connectivity index (χ0) is 6.97. The van der Waals surface area contributed by atoms with Crippen molar-refractivity contribution < 1.29 is 0 Å². The minimum Gasteiger partial charge on any atom is -0.265 e. The number of rotatable bonds is 0. The highest BCUT2D eigenvalue weighted by atomic mass is 15.3. The summed E-state index contributed by atoms with van der Waals surface area (Å²) in [5.41, 5.74) is 2.35. The molecular formula is C8H10N2. The lowest BCUT2D eigenvalue weighted by molar-refractivity contribution is 0.605. The van der Waals surface area contributed by atoms with Crippen molar-refractivity contribution >= 4 is 6.08 Å². The van der Waals surface area contributed by atoms with Crippen LogP contribution in [0.3, 0.4) is 0 Å². The Morgan fingerprint density at radius 1 is 1.60 bits per heavy atom. The van der Waals surface area contributed by atoms with E-state index in [9.17, 15) is 0 Å². The van der Waals surface area contributed by atoms with Crippen molar-refractivity contribution in [3.8, 4) is 0 Å². The lowest BCUT2D eigenvalue weighted by atomic mass is 10.2. The maximum Gasteiger partial charge on any atom is 0.0609 e. The van der Waals surface area contributed by atoms with Crippen LogP contribution in [0.2, 0.25) is 0 Å². The van der Waals surface area contributed by atoms with Crippen LogP contribution in [-0.2, 0) is 6.54 Å². The summed E-state index contributed by atoms with van der Waals surface area (Å²) in [7, 11) is 0. The van der Waals surface area contributed by atoms with Gasteiger partial charge < -0.3 is 0 Å². The molecule has 2 nitrogen and oxygen atoms in total. The van der Waals surface area contributed by atoms with Crippen molar-refractivity contribution in [1.82, 2.24) is 9.78 Å². The van der Waals surface area contributed by atoms with Gasteiger partial charge >= 0.3 is 0 Å². The first kappa shape index (κ1) is 5.71. The van der Waals surface area contributed by atoms with Gasteiger partial charge in [0.1, 0.15) is 0 Å². The van der Waals surface area contributed by atoms with Gasteiger partial charge in [-0.25, -0.2) is 0 Å². The standard InChI is InChI=1S/C8H10N2/c1-7-6-8-4-2-3-5-10(8)9-7/h2,4,6H,3,5H2,1H3. The molecule has 2 heteroatoms. The molecule has 1 aromatic rings. The van der Waals surface area contributed by atoms with E-state index in [1.807, 2.05) is 6.92 Å². The molecule has 0 N–H and O–H groups in total. The highest BCUT2D eigenvalue weighted by Crippen LogP contribution is 2.11. The van der Waals surface area contributed by atoms with Crippen LogP contribution in [0.4, 0.5) is 0 Å². The molecule has 0 fully saturated rings. The van der Waals surface area contributed by atoms with E-state index < -0.39 is 0 Å².